The molecule has 0 aliphatic heterocycles. The fourth-order valence-corrected chi connectivity index (χ4v) is 5.44. The third-order valence-electron chi connectivity index (χ3n) is 4.30. The van der Waals surface area contributed by atoms with Crippen molar-refractivity contribution in [3.8, 4) is 0 Å². The molecule has 146 valence electrons. The molecule has 3 aromatic rings. The summed E-state index contributed by atoms with van der Waals surface area (Å²) in [7, 11) is -4.44. The lowest BCUT2D eigenvalue weighted by atomic mass is 10.1. The molecule has 3 rings (SSSR count). The number of halogens is 5. The largest absolute Gasteiger partial charge is 0.296 e. The summed E-state index contributed by atoms with van der Waals surface area (Å²) in [5.41, 5.74) is 0.627. The molecule has 2 atom stereocenters. The second kappa shape index (κ2) is 7.86. The smallest absolute Gasteiger partial charge is 0.211 e. The van der Waals surface area contributed by atoms with Crippen molar-refractivity contribution in [1.82, 2.24) is 5.09 Å². The number of benzene rings is 3. The second-order valence-electron chi connectivity index (χ2n) is 6.12. The zero-order chi connectivity index (χ0) is 20.5. The van der Waals surface area contributed by atoms with Gasteiger partial charge in [0.1, 0.15) is 5.30 Å². The molecule has 0 aliphatic rings. The van der Waals surface area contributed by atoms with Crippen molar-refractivity contribution >= 4 is 17.9 Å². The first-order valence-corrected chi connectivity index (χ1v) is 9.98. The third kappa shape index (κ3) is 3.48. The van der Waals surface area contributed by atoms with E-state index in [1.54, 1.807) is 43.3 Å². The van der Waals surface area contributed by atoms with Crippen LogP contribution in [0, 0.1) is 29.1 Å². The van der Waals surface area contributed by atoms with Crippen molar-refractivity contribution in [2.75, 3.05) is 0 Å². The average molecular weight is 411 g/mol. The predicted molar refractivity (Wildman–Crippen MR) is 97.5 cm³/mol. The van der Waals surface area contributed by atoms with Gasteiger partial charge in [0.15, 0.2) is 23.3 Å². The molecule has 0 saturated carbocycles. The van der Waals surface area contributed by atoms with Gasteiger partial charge in [-0.2, -0.15) is 0 Å². The highest BCUT2D eigenvalue weighted by atomic mass is 31.2. The Balaban J connectivity index is 2.24. The van der Waals surface area contributed by atoms with Crippen molar-refractivity contribution in [2.45, 2.75) is 13.0 Å². The summed E-state index contributed by atoms with van der Waals surface area (Å²) in [4.78, 5) is 0. The minimum absolute atomic E-state index is 0.0824. The molecule has 0 heterocycles. The minimum Gasteiger partial charge on any atom is -0.296 e. The molecule has 0 bridgehead atoms. The maximum absolute atomic E-state index is 14.5. The Morgan fingerprint density at radius 2 is 1.14 bits per heavy atom. The first kappa shape index (κ1) is 20.2. The van der Waals surface area contributed by atoms with Gasteiger partial charge in [0.2, 0.25) is 13.1 Å². The van der Waals surface area contributed by atoms with Crippen LogP contribution in [0.3, 0.4) is 0 Å². The summed E-state index contributed by atoms with van der Waals surface area (Å²) in [5, 5.41) is 1.17. The van der Waals surface area contributed by atoms with Crippen molar-refractivity contribution in [1.29, 1.82) is 0 Å². The quantitative estimate of drug-likeness (QED) is 0.278. The highest BCUT2D eigenvalue weighted by molar-refractivity contribution is 7.77. The van der Waals surface area contributed by atoms with Crippen LogP contribution in [0.4, 0.5) is 22.0 Å². The van der Waals surface area contributed by atoms with Gasteiger partial charge < -0.3 is 0 Å². The van der Waals surface area contributed by atoms with Crippen LogP contribution in [-0.2, 0) is 4.57 Å². The van der Waals surface area contributed by atoms with E-state index in [1.807, 2.05) is 0 Å². The Labute approximate surface area is 158 Å². The van der Waals surface area contributed by atoms with E-state index in [4.69, 9.17) is 0 Å². The van der Waals surface area contributed by atoms with Gasteiger partial charge >= 0.3 is 0 Å². The third-order valence-corrected chi connectivity index (χ3v) is 7.10. The molecular weight excluding hydrogens is 396 g/mol. The summed E-state index contributed by atoms with van der Waals surface area (Å²) in [6.07, 6.45) is 0. The molecule has 28 heavy (non-hydrogen) atoms. The van der Waals surface area contributed by atoms with E-state index in [9.17, 15) is 26.5 Å². The Kier molecular flexibility index (Phi) is 5.68. The summed E-state index contributed by atoms with van der Waals surface area (Å²) in [5.74, 6) is -10.8. The normalized spacial score (nSPS) is 14.5. The van der Waals surface area contributed by atoms with Crippen molar-refractivity contribution in [3.05, 3.63) is 95.3 Å². The molecule has 0 aliphatic carbocycles. The average Bonchev–Trinajstić information content (AvgIpc) is 2.72. The van der Waals surface area contributed by atoms with Crippen molar-refractivity contribution in [2.24, 2.45) is 0 Å². The Bertz CT molecular complexity index is 1010. The summed E-state index contributed by atoms with van der Waals surface area (Å²) >= 11 is 0. The molecule has 0 radical (unpaired) electrons. The van der Waals surface area contributed by atoms with Crippen LogP contribution in [-0.4, -0.2) is 0 Å². The standard InChI is InChI=1S/C20H15F5NOP/c1-12(13-8-4-2-5-9-13)26-28(27,14-10-6-3-7-11-14)20-18(24)16(22)15(21)17(23)19(20)25/h2-12H,1H3,(H,26,27)/t12-,28?/m1/s1. The van der Waals surface area contributed by atoms with E-state index in [-0.39, 0.29) is 5.30 Å². The molecule has 1 N–H and O–H groups in total. The maximum atomic E-state index is 14.5. The zero-order valence-corrected chi connectivity index (χ0v) is 15.5. The molecule has 0 aromatic heterocycles. The summed E-state index contributed by atoms with van der Waals surface area (Å²) in [6, 6.07) is 14.9. The SMILES string of the molecule is C[C@@H](NP(=O)(c1ccccc1)c1c(F)c(F)c(F)c(F)c1F)c1ccccc1. The highest BCUT2D eigenvalue weighted by Gasteiger charge is 2.39. The zero-order valence-electron chi connectivity index (χ0n) is 14.6. The lowest BCUT2D eigenvalue weighted by molar-refractivity contribution is 0.383. The fraction of sp³-hybridized carbons (Fsp3) is 0.100. The number of rotatable bonds is 5. The highest BCUT2D eigenvalue weighted by Crippen LogP contribution is 2.44. The Morgan fingerprint density at radius 1 is 0.714 bits per heavy atom. The van der Waals surface area contributed by atoms with E-state index in [0.717, 1.165) is 0 Å². The maximum Gasteiger partial charge on any atom is 0.211 e. The summed E-state index contributed by atoms with van der Waals surface area (Å²) in [6.45, 7) is 1.58. The second-order valence-corrected chi connectivity index (χ2v) is 8.57. The van der Waals surface area contributed by atoms with Gasteiger partial charge in [-0.25, -0.2) is 22.0 Å². The molecule has 0 fully saturated rings. The molecule has 0 spiro atoms. The van der Waals surface area contributed by atoms with Gasteiger partial charge in [-0.3, -0.25) is 9.65 Å². The van der Waals surface area contributed by atoms with Crippen LogP contribution in [0.2, 0.25) is 0 Å². The van der Waals surface area contributed by atoms with Gasteiger partial charge in [0.25, 0.3) is 0 Å². The summed E-state index contributed by atoms with van der Waals surface area (Å²) < 4.78 is 83.9. The molecular formula is C20H15F5NOP. The number of hydrogen-bond donors (Lipinski definition) is 1. The molecule has 1 unspecified atom stereocenters. The van der Waals surface area contributed by atoms with Gasteiger partial charge in [-0.15, -0.1) is 0 Å². The Morgan fingerprint density at radius 3 is 1.64 bits per heavy atom. The van der Waals surface area contributed by atoms with Gasteiger partial charge in [0.05, 0.1) is 0 Å². The molecule has 0 saturated heterocycles. The van der Waals surface area contributed by atoms with Crippen molar-refractivity contribution in [3.63, 3.8) is 0 Å². The molecule has 2 nitrogen and oxygen atoms in total. The number of hydrogen-bond acceptors (Lipinski definition) is 1. The van der Waals surface area contributed by atoms with E-state index in [1.165, 1.54) is 24.3 Å². The first-order chi connectivity index (χ1) is 13.3. The molecule has 8 heteroatoms. The minimum atomic E-state index is -4.44. The molecule has 3 aromatic carbocycles. The number of nitrogens with one attached hydrogen (secondary N) is 1. The van der Waals surface area contributed by atoms with Gasteiger partial charge in [-0.05, 0) is 24.6 Å². The van der Waals surface area contributed by atoms with Crippen LogP contribution in [0.25, 0.3) is 0 Å². The monoisotopic (exact) mass is 411 g/mol. The molecule has 0 amide bonds. The predicted octanol–water partition coefficient (Wildman–Crippen LogP) is 4.96. The van der Waals surface area contributed by atoms with Crippen LogP contribution < -0.4 is 15.7 Å². The van der Waals surface area contributed by atoms with Crippen molar-refractivity contribution < 1.29 is 26.5 Å². The Hall–Kier alpha value is -2.50. The van der Waals surface area contributed by atoms with Crippen LogP contribution in [0.15, 0.2) is 60.7 Å². The van der Waals surface area contributed by atoms with E-state index in [0.29, 0.717) is 5.56 Å². The van der Waals surface area contributed by atoms with Crippen LogP contribution >= 0.6 is 7.29 Å². The van der Waals surface area contributed by atoms with E-state index >= 15 is 0 Å². The van der Waals surface area contributed by atoms with E-state index in [2.05, 4.69) is 5.09 Å². The van der Waals surface area contributed by atoms with E-state index < -0.39 is 47.7 Å². The lowest BCUT2D eigenvalue weighted by Crippen LogP contribution is -2.34. The van der Waals surface area contributed by atoms with Gasteiger partial charge in [0, 0.05) is 11.3 Å². The fourth-order valence-electron chi connectivity index (χ4n) is 2.86. The van der Waals surface area contributed by atoms with Gasteiger partial charge in [-0.1, -0.05) is 48.5 Å². The first-order valence-electron chi connectivity index (χ1n) is 8.27. The van der Waals surface area contributed by atoms with Crippen LogP contribution in [0.1, 0.15) is 18.5 Å². The lowest BCUT2D eigenvalue weighted by Gasteiger charge is -2.26. The van der Waals surface area contributed by atoms with Crippen LogP contribution in [0.5, 0.6) is 0 Å². The topological polar surface area (TPSA) is 29.1 Å².